The quantitative estimate of drug-likeness (QED) is 0.0248. The Hall–Kier alpha value is -2.18. The van der Waals surface area contributed by atoms with Gasteiger partial charge >= 0.3 is 5.97 Å². The number of unbranched alkanes of at least 4 members (excludes halogenated alkanes) is 25. The van der Waals surface area contributed by atoms with E-state index in [1.165, 1.54) is 135 Å². The molecule has 0 radical (unpaired) electrons. The number of aliphatic hydroxyl groups excluding tert-OH is 2. The number of allylic oxidation sites excluding steroid dienone is 7. The third-order valence-corrected chi connectivity index (χ3v) is 10.7. The largest absolute Gasteiger partial charge is 0.458 e. The first kappa shape index (κ1) is 53.8. The van der Waals surface area contributed by atoms with Crippen molar-refractivity contribution in [2.75, 3.05) is 6.61 Å². The van der Waals surface area contributed by atoms with Crippen LogP contribution in [0.3, 0.4) is 0 Å². The van der Waals surface area contributed by atoms with Gasteiger partial charge in [0, 0.05) is 6.42 Å². The maximum Gasteiger partial charge on any atom is 0.306 e. The molecular formula is C50H91NO5. The van der Waals surface area contributed by atoms with E-state index in [-0.39, 0.29) is 24.9 Å². The molecule has 0 aliphatic heterocycles. The van der Waals surface area contributed by atoms with Gasteiger partial charge in [-0.2, -0.15) is 0 Å². The molecule has 3 atom stereocenters. The SMILES string of the molecule is CCCCC/C=C/C=C/CCCCCCCCC(=O)OC(/C=C/C/C=C\CCCCCCCC)CC(=O)NC(CO)C(O)CCCCCCCCCCCCC. The van der Waals surface area contributed by atoms with E-state index >= 15 is 0 Å². The predicted molar refractivity (Wildman–Crippen MR) is 241 cm³/mol. The van der Waals surface area contributed by atoms with E-state index < -0.39 is 18.2 Å². The number of hydrogen-bond donors (Lipinski definition) is 3. The summed E-state index contributed by atoms with van der Waals surface area (Å²) < 4.78 is 5.80. The first-order chi connectivity index (χ1) is 27.5. The van der Waals surface area contributed by atoms with Gasteiger partial charge in [0.05, 0.1) is 25.2 Å². The Morgan fingerprint density at radius 2 is 1.00 bits per heavy atom. The zero-order valence-electron chi connectivity index (χ0n) is 37.0. The highest BCUT2D eigenvalue weighted by Crippen LogP contribution is 2.15. The number of carbonyl (C=O) groups excluding carboxylic acids is 2. The molecular weight excluding hydrogens is 695 g/mol. The molecule has 326 valence electrons. The molecule has 0 rings (SSSR count). The Bertz CT molecular complexity index is 972. The zero-order chi connectivity index (χ0) is 41.0. The molecule has 0 saturated heterocycles. The Morgan fingerprint density at radius 1 is 0.554 bits per heavy atom. The zero-order valence-corrected chi connectivity index (χ0v) is 37.0. The van der Waals surface area contributed by atoms with Gasteiger partial charge in [-0.05, 0) is 63.9 Å². The summed E-state index contributed by atoms with van der Waals surface area (Å²) in [6.07, 6.45) is 52.0. The predicted octanol–water partition coefficient (Wildman–Crippen LogP) is 13.9. The number of carbonyl (C=O) groups is 2. The molecule has 0 heterocycles. The monoisotopic (exact) mass is 786 g/mol. The first-order valence-corrected chi connectivity index (χ1v) is 23.9. The normalized spacial score (nSPS) is 13.7. The van der Waals surface area contributed by atoms with Crippen LogP contribution in [0.5, 0.6) is 0 Å². The fourth-order valence-corrected chi connectivity index (χ4v) is 6.97. The molecule has 0 aliphatic rings. The lowest BCUT2D eigenvalue weighted by Crippen LogP contribution is -2.46. The van der Waals surface area contributed by atoms with Crippen molar-refractivity contribution in [3.05, 3.63) is 48.6 Å². The summed E-state index contributed by atoms with van der Waals surface area (Å²) in [6.45, 7) is 6.39. The van der Waals surface area contributed by atoms with Gasteiger partial charge in [0.2, 0.25) is 5.91 Å². The first-order valence-electron chi connectivity index (χ1n) is 23.9. The van der Waals surface area contributed by atoms with Crippen LogP contribution in [-0.4, -0.2) is 46.9 Å². The third kappa shape index (κ3) is 38.7. The van der Waals surface area contributed by atoms with Crippen molar-refractivity contribution in [1.29, 1.82) is 0 Å². The highest BCUT2D eigenvalue weighted by Gasteiger charge is 2.23. The maximum absolute atomic E-state index is 13.1. The van der Waals surface area contributed by atoms with E-state index in [1.54, 1.807) is 0 Å². The van der Waals surface area contributed by atoms with Crippen LogP contribution in [-0.2, 0) is 14.3 Å². The van der Waals surface area contributed by atoms with E-state index in [1.807, 2.05) is 12.2 Å². The van der Waals surface area contributed by atoms with Gasteiger partial charge in [0.1, 0.15) is 6.10 Å². The fraction of sp³-hybridized carbons (Fsp3) is 0.800. The Morgan fingerprint density at radius 3 is 1.54 bits per heavy atom. The molecule has 0 aromatic carbocycles. The van der Waals surface area contributed by atoms with Crippen LogP contribution in [0.1, 0.15) is 233 Å². The van der Waals surface area contributed by atoms with E-state index in [0.29, 0.717) is 19.3 Å². The second-order valence-corrected chi connectivity index (χ2v) is 16.2. The second kappa shape index (κ2) is 43.9. The molecule has 56 heavy (non-hydrogen) atoms. The van der Waals surface area contributed by atoms with Crippen LogP contribution in [0.15, 0.2) is 48.6 Å². The van der Waals surface area contributed by atoms with Crippen molar-refractivity contribution < 1.29 is 24.5 Å². The van der Waals surface area contributed by atoms with Crippen LogP contribution >= 0.6 is 0 Å². The van der Waals surface area contributed by atoms with Crippen LogP contribution in [0.4, 0.5) is 0 Å². The Balaban J connectivity index is 4.67. The van der Waals surface area contributed by atoms with Crippen LogP contribution in [0.2, 0.25) is 0 Å². The number of esters is 1. The standard InChI is InChI=1S/C50H91NO5/c1-4-7-10-13-16-19-22-23-24-25-28-31-34-37-40-43-50(55)56-46(41-38-35-32-29-26-20-17-14-11-8-5-2)44-49(54)51-47(45-52)48(53)42-39-36-33-30-27-21-18-15-12-9-6-3/h16,19,22-23,29,32,38,41,46-48,52-53H,4-15,17-18,20-21,24-28,30-31,33-37,39-40,42-45H2,1-3H3,(H,51,54)/b19-16+,23-22+,32-29-,41-38+. The summed E-state index contributed by atoms with van der Waals surface area (Å²) in [5, 5.41) is 23.6. The van der Waals surface area contributed by atoms with Gasteiger partial charge in [-0.1, -0.05) is 205 Å². The smallest absolute Gasteiger partial charge is 0.306 e. The average molecular weight is 786 g/mol. The molecule has 0 fully saturated rings. The fourth-order valence-electron chi connectivity index (χ4n) is 6.97. The highest BCUT2D eigenvalue weighted by molar-refractivity contribution is 5.78. The molecule has 1 amide bonds. The summed E-state index contributed by atoms with van der Waals surface area (Å²) in [7, 11) is 0. The van der Waals surface area contributed by atoms with Gasteiger partial charge in [0.15, 0.2) is 0 Å². The number of nitrogens with one attached hydrogen (secondary N) is 1. The molecule has 6 nitrogen and oxygen atoms in total. The third-order valence-electron chi connectivity index (χ3n) is 10.7. The lowest BCUT2D eigenvalue weighted by atomic mass is 10.0. The molecule has 3 N–H and O–H groups in total. The van der Waals surface area contributed by atoms with Crippen LogP contribution < -0.4 is 5.32 Å². The lowest BCUT2D eigenvalue weighted by Gasteiger charge is -2.23. The molecule has 0 saturated carbocycles. The minimum atomic E-state index is -0.811. The number of amides is 1. The van der Waals surface area contributed by atoms with Gasteiger partial charge in [-0.25, -0.2) is 0 Å². The average Bonchev–Trinajstić information content (AvgIpc) is 3.19. The van der Waals surface area contributed by atoms with E-state index in [0.717, 1.165) is 51.4 Å². The van der Waals surface area contributed by atoms with E-state index in [9.17, 15) is 19.8 Å². The Labute approximate surface area is 346 Å². The maximum atomic E-state index is 13.1. The molecule has 0 aromatic rings. The second-order valence-electron chi connectivity index (χ2n) is 16.2. The molecule has 3 unspecified atom stereocenters. The summed E-state index contributed by atoms with van der Waals surface area (Å²) in [6, 6.07) is -0.732. The van der Waals surface area contributed by atoms with Gasteiger partial charge in [0.25, 0.3) is 0 Å². The van der Waals surface area contributed by atoms with Crippen molar-refractivity contribution in [1.82, 2.24) is 5.32 Å². The Kier molecular flexibility index (Phi) is 42.2. The van der Waals surface area contributed by atoms with Crippen molar-refractivity contribution >= 4 is 11.9 Å². The van der Waals surface area contributed by atoms with Crippen molar-refractivity contribution in [3.8, 4) is 0 Å². The van der Waals surface area contributed by atoms with Crippen molar-refractivity contribution in [2.24, 2.45) is 0 Å². The van der Waals surface area contributed by atoms with Gasteiger partial charge in [-0.15, -0.1) is 0 Å². The number of ether oxygens (including phenoxy) is 1. The summed E-state index contributed by atoms with van der Waals surface area (Å²) in [5.41, 5.74) is 0. The van der Waals surface area contributed by atoms with Gasteiger partial charge in [-0.3, -0.25) is 9.59 Å². The molecule has 0 spiro atoms. The lowest BCUT2D eigenvalue weighted by molar-refractivity contribution is -0.148. The van der Waals surface area contributed by atoms with Crippen LogP contribution in [0.25, 0.3) is 0 Å². The summed E-state index contributed by atoms with van der Waals surface area (Å²) in [5.74, 6) is -0.616. The number of rotatable bonds is 42. The summed E-state index contributed by atoms with van der Waals surface area (Å²) >= 11 is 0. The minimum Gasteiger partial charge on any atom is -0.458 e. The molecule has 0 aliphatic carbocycles. The van der Waals surface area contributed by atoms with E-state index in [2.05, 4.69) is 62.5 Å². The van der Waals surface area contributed by atoms with Crippen LogP contribution in [0, 0.1) is 0 Å². The molecule has 0 bridgehead atoms. The molecule has 0 aromatic heterocycles. The highest BCUT2D eigenvalue weighted by atomic mass is 16.5. The number of hydrogen-bond acceptors (Lipinski definition) is 5. The summed E-state index contributed by atoms with van der Waals surface area (Å²) in [4.78, 5) is 25.9. The number of aliphatic hydroxyl groups is 2. The van der Waals surface area contributed by atoms with Gasteiger partial charge < -0.3 is 20.3 Å². The minimum absolute atomic E-state index is 0.0333. The van der Waals surface area contributed by atoms with Crippen molar-refractivity contribution in [2.45, 2.75) is 251 Å². The van der Waals surface area contributed by atoms with E-state index in [4.69, 9.17) is 4.74 Å². The van der Waals surface area contributed by atoms with Crippen molar-refractivity contribution in [3.63, 3.8) is 0 Å². The molecule has 6 heteroatoms. The topological polar surface area (TPSA) is 95.9 Å².